The Balaban J connectivity index is 0.00000196. The van der Waals surface area contributed by atoms with Crippen LogP contribution in [-0.2, 0) is 11.2 Å². The lowest BCUT2D eigenvalue weighted by Crippen LogP contribution is -2.35. The molecule has 2 aliphatic heterocycles. The number of carbonyl (C=O) groups excluding carboxylic acids is 2. The molecule has 2 amide bonds. The van der Waals surface area contributed by atoms with Gasteiger partial charge in [0.15, 0.2) is 0 Å². The van der Waals surface area contributed by atoms with Gasteiger partial charge in [-0.2, -0.15) is 0 Å². The molecule has 0 aliphatic carbocycles. The number of halogens is 1. The number of fused-ring (bicyclic) bond motifs is 1. The first-order valence-electron chi connectivity index (χ1n) is 8.75. The van der Waals surface area contributed by atoms with Crippen LogP contribution < -0.4 is 15.5 Å². The fraction of sp³-hybridized carbons (Fsp3) is 0.300. The van der Waals surface area contributed by atoms with E-state index in [1.165, 1.54) is 0 Å². The molecular formula is C20H22ClN3O2. The highest BCUT2D eigenvalue weighted by atomic mass is 35.5. The molecule has 2 N–H and O–H groups in total. The largest absolute Gasteiger partial charge is 0.398 e. The highest BCUT2D eigenvalue weighted by Crippen LogP contribution is 2.32. The van der Waals surface area contributed by atoms with Crippen LogP contribution in [0.1, 0.15) is 35.2 Å². The summed E-state index contributed by atoms with van der Waals surface area (Å²) >= 11 is 0. The smallest absolute Gasteiger partial charge is 0.258 e. The Labute approximate surface area is 159 Å². The number of amides is 2. The van der Waals surface area contributed by atoms with E-state index < -0.39 is 0 Å². The number of nitrogen functional groups attached to an aromatic ring is 1. The normalized spacial score (nSPS) is 16.2. The minimum absolute atomic E-state index is 0. The lowest BCUT2D eigenvalue weighted by atomic mass is 9.99. The Morgan fingerprint density at radius 3 is 2.38 bits per heavy atom. The van der Waals surface area contributed by atoms with Crippen LogP contribution in [0.15, 0.2) is 42.5 Å². The van der Waals surface area contributed by atoms with Crippen LogP contribution in [0.25, 0.3) is 0 Å². The molecule has 26 heavy (non-hydrogen) atoms. The molecule has 0 spiro atoms. The van der Waals surface area contributed by atoms with Gasteiger partial charge in [-0.1, -0.05) is 6.07 Å². The van der Waals surface area contributed by atoms with E-state index in [-0.39, 0.29) is 24.2 Å². The van der Waals surface area contributed by atoms with Crippen molar-refractivity contribution in [2.24, 2.45) is 0 Å². The van der Waals surface area contributed by atoms with Gasteiger partial charge >= 0.3 is 0 Å². The highest BCUT2D eigenvalue weighted by Gasteiger charge is 2.25. The summed E-state index contributed by atoms with van der Waals surface area (Å²) in [4.78, 5) is 28.4. The van der Waals surface area contributed by atoms with Gasteiger partial charge in [-0.05, 0) is 61.2 Å². The van der Waals surface area contributed by atoms with Crippen molar-refractivity contribution in [1.82, 2.24) is 0 Å². The van der Waals surface area contributed by atoms with Gasteiger partial charge in [0, 0.05) is 42.1 Å². The number of hydrogen-bond donors (Lipinski definition) is 1. The second-order valence-corrected chi connectivity index (χ2v) is 6.60. The fourth-order valence-corrected chi connectivity index (χ4v) is 3.72. The summed E-state index contributed by atoms with van der Waals surface area (Å²) in [5.41, 5.74) is 10.3. The summed E-state index contributed by atoms with van der Waals surface area (Å²) in [6, 6.07) is 13.1. The Hall–Kier alpha value is -2.53. The number of hydrogen-bond acceptors (Lipinski definition) is 3. The van der Waals surface area contributed by atoms with Gasteiger partial charge in [0.05, 0.1) is 0 Å². The van der Waals surface area contributed by atoms with Crippen molar-refractivity contribution in [3.63, 3.8) is 0 Å². The molecule has 0 unspecified atom stereocenters. The molecule has 4 rings (SSSR count). The maximum Gasteiger partial charge on any atom is 0.258 e. The maximum atomic E-state index is 13.0. The van der Waals surface area contributed by atoms with E-state index in [0.29, 0.717) is 18.5 Å². The molecule has 2 heterocycles. The van der Waals surface area contributed by atoms with Crippen molar-refractivity contribution in [2.45, 2.75) is 25.7 Å². The second-order valence-electron chi connectivity index (χ2n) is 6.60. The second kappa shape index (κ2) is 7.38. The van der Waals surface area contributed by atoms with Crippen LogP contribution in [0.4, 0.5) is 17.1 Å². The fourth-order valence-electron chi connectivity index (χ4n) is 3.72. The summed E-state index contributed by atoms with van der Waals surface area (Å²) in [5, 5.41) is 0. The van der Waals surface area contributed by atoms with Crippen LogP contribution >= 0.6 is 12.4 Å². The third kappa shape index (κ3) is 3.15. The van der Waals surface area contributed by atoms with Crippen molar-refractivity contribution in [3.8, 4) is 0 Å². The molecule has 0 radical (unpaired) electrons. The van der Waals surface area contributed by atoms with Gasteiger partial charge < -0.3 is 15.5 Å². The van der Waals surface area contributed by atoms with Crippen LogP contribution in [0.3, 0.4) is 0 Å². The van der Waals surface area contributed by atoms with Crippen molar-refractivity contribution in [2.75, 3.05) is 28.6 Å². The van der Waals surface area contributed by atoms with Crippen molar-refractivity contribution < 1.29 is 9.59 Å². The molecule has 1 fully saturated rings. The predicted molar refractivity (Wildman–Crippen MR) is 106 cm³/mol. The number of rotatable bonds is 2. The topological polar surface area (TPSA) is 66.6 Å². The summed E-state index contributed by atoms with van der Waals surface area (Å²) in [5.74, 6) is 0.130. The number of nitrogens with zero attached hydrogens (tertiary/aromatic N) is 2. The van der Waals surface area contributed by atoms with Crippen molar-refractivity contribution in [1.29, 1.82) is 0 Å². The van der Waals surface area contributed by atoms with Crippen molar-refractivity contribution in [3.05, 3.63) is 53.6 Å². The van der Waals surface area contributed by atoms with E-state index in [0.717, 1.165) is 48.4 Å². The molecule has 2 aromatic rings. The van der Waals surface area contributed by atoms with Gasteiger partial charge in [-0.3, -0.25) is 9.59 Å². The summed E-state index contributed by atoms with van der Waals surface area (Å²) in [6.45, 7) is 1.45. The molecule has 0 saturated carbocycles. The lowest BCUT2D eigenvalue weighted by molar-refractivity contribution is -0.117. The number of anilines is 3. The molecule has 5 nitrogen and oxygen atoms in total. The summed E-state index contributed by atoms with van der Waals surface area (Å²) < 4.78 is 0. The summed E-state index contributed by atoms with van der Waals surface area (Å²) in [7, 11) is 0. The van der Waals surface area contributed by atoms with Crippen LogP contribution in [0.2, 0.25) is 0 Å². The highest BCUT2D eigenvalue weighted by molar-refractivity contribution is 6.07. The quantitative estimate of drug-likeness (QED) is 0.822. The van der Waals surface area contributed by atoms with E-state index >= 15 is 0 Å². The Kier molecular flexibility index (Phi) is 5.18. The zero-order chi connectivity index (χ0) is 17.4. The van der Waals surface area contributed by atoms with E-state index in [2.05, 4.69) is 0 Å². The maximum absolute atomic E-state index is 13.0. The SMILES string of the molecule is Cl.Nc1cccc2c1CCCN2C(=O)c1ccc(N2CCCC2=O)cc1. The average Bonchev–Trinajstić information content (AvgIpc) is 3.07. The minimum Gasteiger partial charge on any atom is -0.398 e. The molecule has 6 heteroatoms. The Bertz CT molecular complexity index is 835. The molecule has 1 saturated heterocycles. The number of benzene rings is 2. The van der Waals surface area contributed by atoms with Gasteiger partial charge in [-0.15, -0.1) is 12.4 Å². The van der Waals surface area contributed by atoms with E-state index in [9.17, 15) is 9.59 Å². The van der Waals surface area contributed by atoms with Crippen LogP contribution in [0, 0.1) is 0 Å². The molecule has 0 bridgehead atoms. The molecule has 2 aromatic carbocycles. The molecule has 0 atom stereocenters. The zero-order valence-electron chi connectivity index (χ0n) is 14.5. The monoisotopic (exact) mass is 371 g/mol. The van der Waals surface area contributed by atoms with Gasteiger partial charge in [0.2, 0.25) is 5.91 Å². The zero-order valence-corrected chi connectivity index (χ0v) is 15.3. The third-order valence-corrected chi connectivity index (χ3v) is 5.03. The lowest BCUT2D eigenvalue weighted by Gasteiger charge is -2.30. The third-order valence-electron chi connectivity index (χ3n) is 5.03. The number of carbonyl (C=O) groups is 2. The first-order chi connectivity index (χ1) is 12.1. The van der Waals surface area contributed by atoms with Crippen LogP contribution in [0.5, 0.6) is 0 Å². The standard InChI is InChI=1S/C20H21N3O2.ClH/c21-17-5-1-6-18-16(17)4-2-13-23(18)20(25)14-8-10-15(11-9-14)22-12-3-7-19(22)24;/h1,5-6,8-11H,2-4,7,12-13,21H2;1H. The van der Waals surface area contributed by atoms with E-state index in [1.807, 2.05) is 47.4 Å². The minimum atomic E-state index is -0.0224. The van der Waals surface area contributed by atoms with Gasteiger partial charge in [0.1, 0.15) is 0 Å². The van der Waals surface area contributed by atoms with E-state index in [4.69, 9.17) is 5.73 Å². The van der Waals surface area contributed by atoms with E-state index in [1.54, 1.807) is 4.90 Å². The molecule has 136 valence electrons. The molecular weight excluding hydrogens is 350 g/mol. The van der Waals surface area contributed by atoms with Crippen molar-refractivity contribution >= 4 is 41.3 Å². The number of nitrogens with two attached hydrogens (primary N) is 1. The average molecular weight is 372 g/mol. The predicted octanol–water partition coefficient (Wildman–Crippen LogP) is 3.41. The first-order valence-corrected chi connectivity index (χ1v) is 8.75. The Morgan fingerprint density at radius 2 is 1.69 bits per heavy atom. The summed E-state index contributed by atoms with van der Waals surface area (Å²) in [6.07, 6.45) is 3.31. The molecule has 2 aliphatic rings. The van der Waals surface area contributed by atoms with Gasteiger partial charge in [0.25, 0.3) is 5.91 Å². The van der Waals surface area contributed by atoms with Gasteiger partial charge in [-0.25, -0.2) is 0 Å². The first kappa shape index (κ1) is 18.3. The molecule has 0 aromatic heterocycles. The Morgan fingerprint density at radius 1 is 0.962 bits per heavy atom. The van der Waals surface area contributed by atoms with Crippen LogP contribution in [-0.4, -0.2) is 24.9 Å².